The SMILES string of the molecule is COc1ccc(OC)c(C2CNC(=O)CO2)c1. The van der Waals surface area contributed by atoms with Crippen molar-refractivity contribution in [2.24, 2.45) is 0 Å². The van der Waals surface area contributed by atoms with Gasteiger partial charge in [-0.2, -0.15) is 0 Å². The van der Waals surface area contributed by atoms with Gasteiger partial charge in [0.15, 0.2) is 0 Å². The topological polar surface area (TPSA) is 56.8 Å². The number of carbonyl (C=O) groups excluding carboxylic acids is 1. The van der Waals surface area contributed by atoms with Crippen LogP contribution in [0.4, 0.5) is 0 Å². The Balaban J connectivity index is 2.25. The predicted molar refractivity (Wildman–Crippen MR) is 61.2 cm³/mol. The van der Waals surface area contributed by atoms with Crippen molar-refractivity contribution in [2.45, 2.75) is 6.10 Å². The smallest absolute Gasteiger partial charge is 0.246 e. The van der Waals surface area contributed by atoms with E-state index in [2.05, 4.69) is 5.32 Å². The van der Waals surface area contributed by atoms with Crippen molar-refractivity contribution in [3.8, 4) is 11.5 Å². The van der Waals surface area contributed by atoms with Crippen LogP contribution >= 0.6 is 0 Å². The number of hydrogen-bond acceptors (Lipinski definition) is 4. The lowest BCUT2D eigenvalue weighted by Crippen LogP contribution is -2.38. The van der Waals surface area contributed by atoms with Crippen molar-refractivity contribution in [2.75, 3.05) is 27.4 Å². The summed E-state index contributed by atoms with van der Waals surface area (Å²) in [6, 6.07) is 5.51. The summed E-state index contributed by atoms with van der Waals surface area (Å²) >= 11 is 0. The van der Waals surface area contributed by atoms with Gasteiger partial charge >= 0.3 is 0 Å². The standard InChI is InChI=1S/C12H15NO4/c1-15-8-3-4-10(16-2)9(5-8)11-6-13-12(14)7-17-11/h3-5,11H,6-7H2,1-2H3,(H,13,14). The van der Waals surface area contributed by atoms with E-state index in [-0.39, 0.29) is 18.6 Å². The Morgan fingerprint density at radius 3 is 2.76 bits per heavy atom. The van der Waals surface area contributed by atoms with Gasteiger partial charge in [-0.3, -0.25) is 4.79 Å². The highest BCUT2D eigenvalue weighted by molar-refractivity contribution is 5.77. The van der Waals surface area contributed by atoms with Crippen molar-refractivity contribution in [3.05, 3.63) is 23.8 Å². The van der Waals surface area contributed by atoms with Crippen molar-refractivity contribution < 1.29 is 19.0 Å². The summed E-state index contributed by atoms with van der Waals surface area (Å²) in [5.41, 5.74) is 0.881. The van der Waals surface area contributed by atoms with Crippen LogP contribution in [-0.2, 0) is 9.53 Å². The molecular weight excluding hydrogens is 222 g/mol. The molecule has 1 aromatic carbocycles. The van der Waals surface area contributed by atoms with Gasteiger partial charge in [0, 0.05) is 12.1 Å². The van der Waals surface area contributed by atoms with Gasteiger partial charge < -0.3 is 19.5 Å². The van der Waals surface area contributed by atoms with Gasteiger partial charge in [-0.25, -0.2) is 0 Å². The maximum Gasteiger partial charge on any atom is 0.246 e. The fourth-order valence-electron chi connectivity index (χ4n) is 1.78. The van der Waals surface area contributed by atoms with Gasteiger partial charge in [0.1, 0.15) is 24.2 Å². The maximum absolute atomic E-state index is 11.0. The molecule has 1 atom stereocenters. The van der Waals surface area contributed by atoms with E-state index >= 15 is 0 Å². The van der Waals surface area contributed by atoms with Gasteiger partial charge in [-0.05, 0) is 18.2 Å². The van der Waals surface area contributed by atoms with Crippen LogP contribution in [0.5, 0.6) is 11.5 Å². The highest BCUT2D eigenvalue weighted by Gasteiger charge is 2.23. The summed E-state index contributed by atoms with van der Waals surface area (Å²) in [7, 11) is 3.21. The molecule has 1 unspecified atom stereocenters. The fourth-order valence-corrected chi connectivity index (χ4v) is 1.78. The Kier molecular flexibility index (Phi) is 3.49. The summed E-state index contributed by atoms with van der Waals surface area (Å²) in [6.45, 7) is 0.521. The van der Waals surface area contributed by atoms with Gasteiger partial charge in [0.25, 0.3) is 0 Å². The average Bonchev–Trinajstić information content (AvgIpc) is 2.39. The van der Waals surface area contributed by atoms with Crippen LogP contribution in [0.2, 0.25) is 0 Å². The molecule has 0 radical (unpaired) electrons. The van der Waals surface area contributed by atoms with E-state index in [1.54, 1.807) is 14.2 Å². The molecule has 0 spiro atoms. The molecule has 0 bridgehead atoms. The molecule has 1 aromatic rings. The molecular formula is C12H15NO4. The molecule has 0 aromatic heterocycles. The number of carbonyl (C=O) groups is 1. The summed E-state index contributed by atoms with van der Waals surface area (Å²) in [5.74, 6) is 1.37. The lowest BCUT2D eigenvalue weighted by atomic mass is 10.1. The fraction of sp³-hybridized carbons (Fsp3) is 0.417. The van der Waals surface area contributed by atoms with Crippen molar-refractivity contribution in [1.29, 1.82) is 0 Å². The van der Waals surface area contributed by atoms with Crippen molar-refractivity contribution in [3.63, 3.8) is 0 Å². The van der Waals surface area contributed by atoms with Crippen LogP contribution in [0.25, 0.3) is 0 Å². The van der Waals surface area contributed by atoms with Crippen LogP contribution in [0.15, 0.2) is 18.2 Å². The minimum absolute atomic E-state index is 0.0744. The number of nitrogens with one attached hydrogen (secondary N) is 1. The number of hydrogen-bond donors (Lipinski definition) is 1. The maximum atomic E-state index is 11.0. The average molecular weight is 237 g/mol. The lowest BCUT2D eigenvalue weighted by molar-refractivity contribution is -0.133. The van der Waals surface area contributed by atoms with E-state index < -0.39 is 0 Å². The first kappa shape index (κ1) is 11.7. The third-order valence-corrected chi connectivity index (χ3v) is 2.68. The Hall–Kier alpha value is -1.75. The van der Waals surface area contributed by atoms with Gasteiger partial charge in [-0.1, -0.05) is 0 Å². The molecule has 5 nitrogen and oxygen atoms in total. The second kappa shape index (κ2) is 5.05. The van der Waals surface area contributed by atoms with Crippen LogP contribution in [0.3, 0.4) is 0 Å². The second-order valence-electron chi connectivity index (χ2n) is 3.71. The monoisotopic (exact) mass is 237 g/mol. The van der Waals surface area contributed by atoms with Crippen molar-refractivity contribution in [1.82, 2.24) is 5.32 Å². The number of rotatable bonds is 3. The summed E-state index contributed by atoms with van der Waals surface area (Å²) < 4.78 is 15.9. The molecule has 1 heterocycles. The molecule has 0 saturated carbocycles. The molecule has 2 rings (SSSR count). The van der Waals surface area contributed by atoms with E-state index in [9.17, 15) is 4.79 Å². The highest BCUT2D eigenvalue weighted by atomic mass is 16.5. The summed E-state index contributed by atoms with van der Waals surface area (Å²) in [5, 5.41) is 2.76. The van der Waals surface area contributed by atoms with Gasteiger partial charge in [0.05, 0.1) is 14.2 Å². The number of benzene rings is 1. The minimum atomic E-state index is -0.197. The van der Waals surface area contributed by atoms with Gasteiger partial charge in [-0.15, -0.1) is 0 Å². The zero-order valence-electron chi connectivity index (χ0n) is 9.86. The van der Waals surface area contributed by atoms with Crippen LogP contribution in [-0.4, -0.2) is 33.3 Å². The summed E-state index contributed by atoms with van der Waals surface area (Å²) in [6.07, 6.45) is -0.197. The zero-order chi connectivity index (χ0) is 12.3. The molecule has 1 N–H and O–H groups in total. The Morgan fingerprint density at radius 2 is 2.18 bits per heavy atom. The minimum Gasteiger partial charge on any atom is -0.497 e. The molecule has 92 valence electrons. The van der Waals surface area contributed by atoms with E-state index in [1.807, 2.05) is 18.2 Å². The molecule has 1 fully saturated rings. The third-order valence-electron chi connectivity index (χ3n) is 2.68. The normalized spacial score (nSPS) is 19.6. The number of ether oxygens (including phenoxy) is 3. The molecule has 17 heavy (non-hydrogen) atoms. The van der Waals surface area contributed by atoms with E-state index in [0.717, 1.165) is 17.1 Å². The van der Waals surface area contributed by atoms with E-state index in [1.165, 1.54) is 0 Å². The van der Waals surface area contributed by atoms with Crippen LogP contribution < -0.4 is 14.8 Å². The van der Waals surface area contributed by atoms with Gasteiger partial charge in [0.2, 0.25) is 5.91 Å². The number of morpholine rings is 1. The van der Waals surface area contributed by atoms with E-state index in [4.69, 9.17) is 14.2 Å². The number of amides is 1. The Bertz CT molecular complexity index is 409. The molecule has 1 aliphatic rings. The Morgan fingerprint density at radius 1 is 1.35 bits per heavy atom. The first-order valence-electron chi connectivity index (χ1n) is 5.35. The van der Waals surface area contributed by atoms with E-state index in [0.29, 0.717) is 6.54 Å². The first-order valence-corrected chi connectivity index (χ1v) is 5.35. The largest absolute Gasteiger partial charge is 0.497 e. The van der Waals surface area contributed by atoms with Crippen molar-refractivity contribution >= 4 is 5.91 Å². The number of methoxy groups -OCH3 is 2. The second-order valence-corrected chi connectivity index (χ2v) is 3.71. The highest BCUT2D eigenvalue weighted by Crippen LogP contribution is 2.31. The lowest BCUT2D eigenvalue weighted by Gasteiger charge is -2.25. The molecule has 0 aliphatic carbocycles. The van der Waals surface area contributed by atoms with Crippen LogP contribution in [0.1, 0.15) is 11.7 Å². The molecule has 5 heteroatoms. The quantitative estimate of drug-likeness (QED) is 0.848. The zero-order valence-corrected chi connectivity index (χ0v) is 9.86. The predicted octanol–water partition coefficient (Wildman–Crippen LogP) is 0.891. The molecule has 1 aliphatic heterocycles. The third kappa shape index (κ3) is 2.50. The Labute approximate surface area is 99.7 Å². The van der Waals surface area contributed by atoms with Crippen LogP contribution in [0, 0.1) is 0 Å². The summed E-state index contributed by atoms with van der Waals surface area (Å²) in [4.78, 5) is 11.0. The first-order chi connectivity index (χ1) is 8.24. The molecule has 1 amide bonds. The molecule has 1 saturated heterocycles.